The lowest BCUT2D eigenvalue weighted by atomic mass is 10.0. The molecule has 0 saturated heterocycles. The molecular weight excluding hydrogens is 176 g/mol. The van der Waals surface area contributed by atoms with E-state index in [-0.39, 0.29) is 6.04 Å². The first-order chi connectivity index (χ1) is 6.79. The first-order valence-corrected chi connectivity index (χ1v) is 5.05. The van der Waals surface area contributed by atoms with Crippen molar-refractivity contribution in [2.75, 3.05) is 7.11 Å². The second-order valence-electron chi connectivity index (χ2n) is 3.92. The van der Waals surface area contributed by atoms with E-state index in [1.807, 2.05) is 18.3 Å². The third-order valence-corrected chi connectivity index (χ3v) is 2.68. The third-order valence-electron chi connectivity index (χ3n) is 2.68. The minimum absolute atomic E-state index is 0.140. The number of hydrogen-bond acceptors (Lipinski definition) is 3. The summed E-state index contributed by atoms with van der Waals surface area (Å²) in [6.45, 7) is 0. The Bertz CT molecular complexity index is 293. The highest BCUT2D eigenvalue weighted by molar-refractivity contribution is 5.20. The van der Waals surface area contributed by atoms with E-state index in [2.05, 4.69) is 4.98 Å². The van der Waals surface area contributed by atoms with Gasteiger partial charge >= 0.3 is 0 Å². The molecule has 1 aromatic heterocycles. The third kappa shape index (κ3) is 2.23. The summed E-state index contributed by atoms with van der Waals surface area (Å²) in [6.07, 6.45) is 5.59. The van der Waals surface area contributed by atoms with Crippen molar-refractivity contribution in [2.24, 2.45) is 11.7 Å². The second-order valence-corrected chi connectivity index (χ2v) is 3.92. The van der Waals surface area contributed by atoms with Crippen LogP contribution in [0, 0.1) is 5.92 Å². The molecule has 1 heterocycles. The van der Waals surface area contributed by atoms with Gasteiger partial charge in [0.05, 0.1) is 7.11 Å². The molecule has 1 atom stereocenters. The molecule has 0 bridgehead atoms. The molecule has 14 heavy (non-hydrogen) atoms. The van der Waals surface area contributed by atoms with Gasteiger partial charge in [-0.05, 0) is 17.9 Å². The number of hydrogen-bond donors (Lipinski definition) is 1. The molecule has 0 unspecified atom stereocenters. The number of ether oxygens (including phenoxy) is 1. The average molecular weight is 192 g/mol. The Labute approximate surface area is 84.3 Å². The Morgan fingerprint density at radius 2 is 2.36 bits per heavy atom. The number of nitrogens with zero attached hydrogens (tertiary/aromatic N) is 1. The van der Waals surface area contributed by atoms with Crippen LogP contribution in [0.25, 0.3) is 0 Å². The first-order valence-electron chi connectivity index (χ1n) is 5.05. The van der Waals surface area contributed by atoms with Gasteiger partial charge in [-0.2, -0.15) is 0 Å². The number of methoxy groups -OCH3 is 1. The van der Waals surface area contributed by atoms with E-state index in [4.69, 9.17) is 10.5 Å². The molecule has 1 aromatic rings. The Kier molecular flexibility index (Phi) is 2.68. The fraction of sp³-hybridized carbons (Fsp3) is 0.545. The number of nitrogens with two attached hydrogens (primary N) is 1. The summed E-state index contributed by atoms with van der Waals surface area (Å²) < 4.78 is 4.99. The molecule has 2 rings (SSSR count). The highest BCUT2D eigenvalue weighted by atomic mass is 16.5. The van der Waals surface area contributed by atoms with Gasteiger partial charge in [-0.25, -0.2) is 4.98 Å². The van der Waals surface area contributed by atoms with Crippen molar-refractivity contribution in [2.45, 2.75) is 25.3 Å². The van der Waals surface area contributed by atoms with E-state index in [0.717, 1.165) is 17.9 Å². The van der Waals surface area contributed by atoms with Crippen molar-refractivity contribution >= 4 is 0 Å². The minimum atomic E-state index is 0.140. The number of rotatable bonds is 4. The fourth-order valence-electron chi connectivity index (χ4n) is 1.58. The van der Waals surface area contributed by atoms with Crippen LogP contribution < -0.4 is 10.5 Å². The summed E-state index contributed by atoms with van der Waals surface area (Å²) in [5.74, 6) is 1.50. The lowest BCUT2D eigenvalue weighted by Gasteiger charge is -2.10. The smallest absolute Gasteiger partial charge is 0.212 e. The van der Waals surface area contributed by atoms with Crippen LogP contribution in [0.3, 0.4) is 0 Å². The van der Waals surface area contributed by atoms with Crippen LogP contribution in [0.5, 0.6) is 5.88 Å². The van der Waals surface area contributed by atoms with E-state index in [0.29, 0.717) is 5.88 Å². The van der Waals surface area contributed by atoms with Crippen molar-refractivity contribution in [3.8, 4) is 5.88 Å². The van der Waals surface area contributed by atoms with Gasteiger partial charge in [-0.15, -0.1) is 0 Å². The maximum absolute atomic E-state index is 6.05. The average Bonchev–Trinajstić information content (AvgIpc) is 3.02. The highest BCUT2D eigenvalue weighted by Crippen LogP contribution is 2.36. The van der Waals surface area contributed by atoms with Crippen molar-refractivity contribution in [1.82, 2.24) is 4.98 Å². The topological polar surface area (TPSA) is 48.1 Å². The lowest BCUT2D eigenvalue weighted by molar-refractivity contribution is 0.397. The maximum Gasteiger partial charge on any atom is 0.212 e. The zero-order valence-corrected chi connectivity index (χ0v) is 8.44. The second kappa shape index (κ2) is 3.96. The van der Waals surface area contributed by atoms with Crippen molar-refractivity contribution in [3.05, 3.63) is 23.9 Å². The molecular formula is C11H16N2O. The van der Waals surface area contributed by atoms with Crippen molar-refractivity contribution < 1.29 is 4.74 Å². The summed E-state index contributed by atoms with van der Waals surface area (Å²) in [7, 11) is 1.62. The molecule has 3 nitrogen and oxygen atoms in total. The van der Waals surface area contributed by atoms with Crippen molar-refractivity contribution in [1.29, 1.82) is 0 Å². The zero-order chi connectivity index (χ0) is 9.97. The molecule has 0 aromatic carbocycles. The van der Waals surface area contributed by atoms with Crippen LogP contribution in [0.15, 0.2) is 18.3 Å². The highest BCUT2D eigenvalue weighted by Gasteiger charge is 2.24. The van der Waals surface area contributed by atoms with Crippen LogP contribution in [0.1, 0.15) is 30.9 Å². The van der Waals surface area contributed by atoms with E-state index < -0.39 is 0 Å². The summed E-state index contributed by atoms with van der Waals surface area (Å²) in [5, 5.41) is 0. The number of pyridine rings is 1. The lowest BCUT2D eigenvalue weighted by Crippen LogP contribution is -2.11. The summed E-state index contributed by atoms with van der Waals surface area (Å²) in [5.41, 5.74) is 7.16. The number of aromatic nitrogens is 1. The van der Waals surface area contributed by atoms with E-state index in [1.165, 1.54) is 12.8 Å². The Balaban J connectivity index is 1.99. The quantitative estimate of drug-likeness (QED) is 0.792. The molecule has 1 aliphatic carbocycles. The van der Waals surface area contributed by atoms with Crippen molar-refractivity contribution in [3.63, 3.8) is 0 Å². The molecule has 1 saturated carbocycles. The predicted octanol–water partition coefficient (Wildman–Crippen LogP) is 1.89. The molecule has 1 fully saturated rings. The standard InChI is InChI=1S/C11H16N2O/c1-14-11-5-4-9(7-13-11)10(12)6-8-2-3-8/h4-5,7-8,10H,2-3,6,12H2,1H3/t10-/m1/s1. The molecule has 0 amide bonds. The van der Waals surface area contributed by atoms with Gasteiger partial charge < -0.3 is 10.5 Å². The zero-order valence-electron chi connectivity index (χ0n) is 8.44. The molecule has 0 spiro atoms. The monoisotopic (exact) mass is 192 g/mol. The van der Waals surface area contributed by atoms with Gasteiger partial charge in [0.15, 0.2) is 0 Å². The van der Waals surface area contributed by atoms with Crippen LogP contribution in [0.2, 0.25) is 0 Å². The van der Waals surface area contributed by atoms with Gasteiger partial charge in [-0.3, -0.25) is 0 Å². The van der Waals surface area contributed by atoms with Crippen LogP contribution in [-0.4, -0.2) is 12.1 Å². The largest absolute Gasteiger partial charge is 0.481 e. The molecule has 2 N–H and O–H groups in total. The SMILES string of the molecule is COc1ccc([C@H](N)CC2CC2)cn1. The van der Waals surface area contributed by atoms with E-state index >= 15 is 0 Å². The Hall–Kier alpha value is -1.09. The predicted molar refractivity (Wildman–Crippen MR) is 55.1 cm³/mol. The maximum atomic E-state index is 6.05. The fourth-order valence-corrected chi connectivity index (χ4v) is 1.58. The normalized spacial score (nSPS) is 17.9. The molecule has 0 aliphatic heterocycles. The summed E-state index contributed by atoms with van der Waals surface area (Å²) >= 11 is 0. The molecule has 0 radical (unpaired) electrons. The molecule has 3 heteroatoms. The van der Waals surface area contributed by atoms with Gasteiger partial charge in [0, 0.05) is 18.3 Å². The first kappa shape index (κ1) is 9.46. The van der Waals surface area contributed by atoms with Crippen LogP contribution in [-0.2, 0) is 0 Å². The van der Waals surface area contributed by atoms with E-state index in [9.17, 15) is 0 Å². The van der Waals surface area contributed by atoms with Gasteiger partial charge in [0.1, 0.15) is 0 Å². The summed E-state index contributed by atoms with van der Waals surface area (Å²) in [6, 6.07) is 4.00. The Morgan fingerprint density at radius 1 is 1.57 bits per heavy atom. The minimum Gasteiger partial charge on any atom is -0.481 e. The van der Waals surface area contributed by atoms with Gasteiger partial charge in [-0.1, -0.05) is 18.9 Å². The molecule has 76 valence electrons. The molecule has 1 aliphatic rings. The van der Waals surface area contributed by atoms with Gasteiger partial charge in [0.2, 0.25) is 5.88 Å². The van der Waals surface area contributed by atoms with Gasteiger partial charge in [0.25, 0.3) is 0 Å². The van der Waals surface area contributed by atoms with Crippen LogP contribution >= 0.6 is 0 Å². The summed E-state index contributed by atoms with van der Waals surface area (Å²) in [4.78, 5) is 4.14. The Morgan fingerprint density at radius 3 is 2.86 bits per heavy atom. The van der Waals surface area contributed by atoms with Crippen LogP contribution in [0.4, 0.5) is 0 Å². The van der Waals surface area contributed by atoms with E-state index in [1.54, 1.807) is 7.11 Å².